The second-order valence-electron chi connectivity index (χ2n) is 7.79. The quantitative estimate of drug-likeness (QED) is 0.928. The summed E-state index contributed by atoms with van der Waals surface area (Å²) < 4.78 is 0. The van der Waals surface area contributed by atoms with E-state index >= 15 is 0 Å². The first-order valence-corrected chi connectivity index (χ1v) is 8.97. The van der Waals surface area contributed by atoms with Gasteiger partial charge in [0, 0.05) is 30.8 Å². The number of fused-ring (bicyclic) bond motifs is 2. The molecule has 3 heterocycles. The molecule has 0 amide bonds. The van der Waals surface area contributed by atoms with E-state index in [4.69, 9.17) is 15.4 Å². The normalized spacial score (nSPS) is 35.1. The van der Waals surface area contributed by atoms with Crippen molar-refractivity contribution in [2.45, 2.75) is 63.5 Å². The monoisotopic (exact) mass is 311 g/mol. The van der Waals surface area contributed by atoms with E-state index in [1.54, 1.807) is 0 Å². The lowest BCUT2D eigenvalue weighted by Crippen LogP contribution is -2.52. The first-order valence-electron chi connectivity index (χ1n) is 8.97. The fourth-order valence-electron chi connectivity index (χ4n) is 5.23. The Labute approximate surface area is 138 Å². The van der Waals surface area contributed by atoms with Gasteiger partial charge in [-0.3, -0.25) is 0 Å². The SMILES string of the molecule is N#CC1CC2(C1)CC1CCC(C2)N1c1ccc(CCCO)cn1. The van der Waals surface area contributed by atoms with Crippen molar-refractivity contribution in [3.63, 3.8) is 0 Å². The van der Waals surface area contributed by atoms with Crippen molar-refractivity contribution < 1.29 is 5.11 Å². The third-order valence-corrected chi connectivity index (χ3v) is 6.20. The van der Waals surface area contributed by atoms with Crippen LogP contribution < -0.4 is 4.90 Å². The summed E-state index contributed by atoms with van der Waals surface area (Å²) in [6, 6.07) is 8.00. The minimum absolute atomic E-state index is 0.240. The second-order valence-corrected chi connectivity index (χ2v) is 7.79. The molecule has 1 aromatic heterocycles. The number of rotatable bonds is 4. The zero-order valence-corrected chi connectivity index (χ0v) is 13.6. The highest BCUT2D eigenvalue weighted by molar-refractivity contribution is 5.45. The highest BCUT2D eigenvalue weighted by Gasteiger charge is 2.54. The molecule has 4 rings (SSSR count). The van der Waals surface area contributed by atoms with Crippen LogP contribution in [-0.4, -0.2) is 28.8 Å². The lowest BCUT2D eigenvalue weighted by molar-refractivity contribution is 0.0379. The summed E-state index contributed by atoms with van der Waals surface area (Å²) in [6.07, 6.45) is 11.0. The minimum Gasteiger partial charge on any atom is -0.396 e. The average molecular weight is 311 g/mol. The molecule has 2 unspecified atom stereocenters. The molecule has 1 N–H and O–H groups in total. The molecule has 122 valence electrons. The largest absolute Gasteiger partial charge is 0.396 e. The molecule has 3 fully saturated rings. The topological polar surface area (TPSA) is 60.2 Å². The van der Waals surface area contributed by atoms with Crippen molar-refractivity contribution in [1.82, 2.24) is 4.98 Å². The molecule has 0 aromatic carbocycles. The van der Waals surface area contributed by atoms with Crippen LogP contribution in [-0.2, 0) is 6.42 Å². The second kappa shape index (κ2) is 5.79. The fraction of sp³-hybridized carbons (Fsp3) is 0.684. The van der Waals surface area contributed by atoms with Gasteiger partial charge in [-0.05, 0) is 68.4 Å². The van der Waals surface area contributed by atoms with Gasteiger partial charge in [0.1, 0.15) is 5.82 Å². The molecule has 23 heavy (non-hydrogen) atoms. The summed E-state index contributed by atoms with van der Waals surface area (Å²) in [5.41, 5.74) is 1.67. The van der Waals surface area contributed by atoms with Crippen LogP contribution in [0.5, 0.6) is 0 Å². The lowest BCUT2D eigenvalue weighted by Gasteiger charge is -2.53. The van der Waals surface area contributed by atoms with Crippen LogP contribution in [0.1, 0.15) is 50.5 Å². The van der Waals surface area contributed by atoms with Gasteiger partial charge in [0.25, 0.3) is 0 Å². The average Bonchev–Trinajstić information content (AvgIpc) is 2.82. The van der Waals surface area contributed by atoms with Gasteiger partial charge in [-0.2, -0.15) is 5.26 Å². The van der Waals surface area contributed by atoms with Gasteiger partial charge in [0.05, 0.1) is 6.07 Å². The predicted octanol–water partition coefficient (Wildman–Crippen LogP) is 3.06. The Bertz CT molecular complexity index is 584. The molecular formula is C19H25N3O. The Morgan fingerprint density at radius 2 is 1.96 bits per heavy atom. The third-order valence-electron chi connectivity index (χ3n) is 6.20. The molecular weight excluding hydrogens is 286 g/mol. The maximum atomic E-state index is 9.08. The van der Waals surface area contributed by atoms with Crippen LogP contribution in [0.2, 0.25) is 0 Å². The van der Waals surface area contributed by atoms with Crippen LogP contribution >= 0.6 is 0 Å². The first-order chi connectivity index (χ1) is 11.2. The number of hydrogen-bond donors (Lipinski definition) is 1. The van der Waals surface area contributed by atoms with E-state index in [0.29, 0.717) is 23.4 Å². The molecule has 3 aliphatic rings. The molecule has 1 spiro atoms. The zero-order chi connectivity index (χ0) is 15.9. The number of piperidine rings is 1. The molecule has 1 aromatic rings. The Balaban J connectivity index is 1.46. The van der Waals surface area contributed by atoms with E-state index in [0.717, 1.165) is 31.5 Å². The highest BCUT2D eigenvalue weighted by atomic mass is 16.2. The van der Waals surface area contributed by atoms with Crippen LogP contribution in [0.4, 0.5) is 5.82 Å². The molecule has 1 saturated carbocycles. The van der Waals surface area contributed by atoms with Gasteiger partial charge in [0.2, 0.25) is 0 Å². The molecule has 2 aliphatic heterocycles. The smallest absolute Gasteiger partial charge is 0.128 e. The van der Waals surface area contributed by atoms with Gasteiger partial charge >= 0.3 is 0 Å². The molecule has 0 radical (unpaired) electrons. The van der Waals surface area contributed by atoms with Gasteiger partial charge in [-0.1, -0.05) is 6.07 Å². The van der Waals surface area contributed by atoms with Gasteiger partial charge in [0.15, 0.2) is 0 Å². The van der Waals surface area contributed by atoms with Gasteiger partial charge in [-0.25, -0.2) is 4.98 Å². The molecule has 2 saturated heterocycles. The number of anilines is 1. The van der Waals surface area contributed by atoms with Crippen LogP contribution in [0, 0.1) is 22.7 Å². The molecule has 4 heteroatoms. The van der Waals surface area contributed by atoms with Crippen molar-refractivity contribution >= 4 is 5.82 Å². The molecule has 4 nitrogen and oxygen atoms in total. The van der Waals surface area contributed by atoms with Crippen molar-refractivity contribution in [1.29, 1.82) is 5.26 Å². The number of hydrogen-bond acceptors (Lipinski definition) is 4. The summed E-state index contributed by atoms with van der Waals surface area (Å²) in [5.74, 6) is 1.43. The Hall–Kier alpha value is -1.60. The number of pyridine rings is 1. The van der Waals surface area contributed by atoms with Gasteiger partial charge in [-0.15, -0.1) is 0 Å². The number of aryl methyl sites for hydroxylation is 1. The van der Waals surface area contributed by atoms with Crippen molar-refractivity contribution in [3.05, 3.63) is 23.9 Å². The molecule has 1 aliphatic carbocycles. The number of nitrogens with zero attached hydrogens (tertiary/aromatic N) is 3. The number of aliphatic hydroxyl groups excluding tert-OH is 1. The van der Waals surface area contributed by atoms with Crippen LogP contribution in [0.25, 0.3) is 0 Å². The van der Waals surface area contributed by atoms with Crippen molar-refractivity contribution in [2.24, 2.45) is 11.3 Å². The van der Waals surface area contributed by atoms with E-state index < -0.39 is 0 Å². The Morgan fingerprint density at radius 1 is 1.22 bits per heavy atom. The summed E-state index contributed by atoms with van der Waals surface area (Å²) in [5, 5.41) is 18.0. The van der Waals surface area contributed by atoms with Crippen molar-refractivity contribution in [2.75, 3.05) is 11.5 Å². The highest BCUT2D eigenvalue weighted by Crippen LogP contribution is 2.58. The first kappa shape index (κ1) is 15.0. The maximum absolute atomic E-state index is 9.08. The van der Waals surface area contributed by atoms with E-state index in [1.165, 1.54) is 31.2 Å². The summed E-state index contributed by atoms with van der Waals surface area (Å²) >= 11 is 0. The number of aromatic nitrogens is 1. The van der Waals surface area contributed by atoms with Crippen LogP contribution in [0.15, 0.2) is 18.3 Å². The summed E-state index contributed by atoms with van der Waals surface area (Å²) in [4.78, 5) is 7.27. The number of nitriles is 1. The van der Waals surface area contributed by atoms with Crippen molar-refractivity contribution in [3.8, 4) is 6.07 Å². The maximum Gasteiger partial charge on any atom is 0.128 e. The lowest BCUT2D eigenvalue weighted by atomic mass is 9.56. The van der Waals surface area contributed by atoms with E-state index in [2.05, 4.69) is 23.1 Å². The predicted molar refractivity (Wildman–Crippen MR) is 88.9 cm³/mol. The summed E-state index contributed by atoms with van der Waals surface area (Å²) in [7, 11) is 0. The molecule has 2 bridgehead atoms. The standard InChI is InChI=1S/C19H25N3O/c20-12-15-8-19(9-15)10-16-4-5-17(11-19)22(16)18-6-3-14(13-21-18)2-1-7-23/h3,6,13,15-17,23H,1-2,4-5,7-11H2. The minimum atomic E-state index is 0.240. The zero-order valence-electron chi connectivity index (χ0n) is 13.6. The third kappa shape index (κ3) is 2.61. The molecule has 2 atom stereocenters. The summed E-state index contributed by atoms with van der Waals surface area (Å²) in [6.45, 7) is 0.240. The number of aliphatic hydroxyl groups is 1. The van der Waals surface area contributed by atoms with E-state index in [-0.39, 0.29) is 6.61 Å². The van der Waals surface area contributed by atoms with Gasteiger partial charge < -0.3 is 10.0 Å². The van der Waals surface area contributed by atoms with E-state index in [9.17, 15) is 0 Å². The van der Waals surface area contributed by atoms with E-state index in [1.807, 2.05) is 6.20 Å². The fourth-order valence-corrected chi connectivity index (χ4v) is 5.23. The van der Waals surface area contributed by atoms with Crippen LogP contribution in [0.3, 0.4) is 0 Å². The Morgan fingerprint density at radius 3 is 2.52 bits per heavy atom. The Kier molecular flexibility index (Phi) is 3.77.